The molecule has 0 radical (unpaired) electrons. The fraction of sp³-hybridized carbons (Fsp3) is 0.714. The first kappa shape index (κ1) is 14.0. The summed E-state index contributed by atoms with van der Waals surface area (Å²) < 4.78 is 5.38. The summed E-state index contributed by atoms with van der Waals surface area (Å²) in [5, 5.41) is 3.53. The zero-order chi connectivity index (χ0) is 12.8. The summed E-state index contributed by atoms with van der Waals surface area (Å²) in [6, 6.07) is 4.41. The van der Waals surface area contributed by atoms with E-state index in [0.29, 0.717) is 6.10 Å². The lowest BCUT2D eigenvalue weighted by Crippen LogP contribution is -2.40. The minimum Gasteiger partial charge on any atom is -0.381 e. The largest absolute Gasteiger partial charge is 0.381 e. The number of hydrogen-bond donors (Lipinski definition) is 1. The molecule has 0 amide bonds. The van der Waals surface area contributed by atoms with Gasteiger partial charge in [-0.3, -0.25) is 0 Å². The van der Waals surface area contributed by atoms with Crippen molar-refractivity contribution in [1.82, 2.24) is 10.2 Å². The van der Waals surface area contributed by atoms with Crippen LogP contribution in [0.4, 0.5) is 0 Å². The summed E-state index contributed by atoms with van der Waals surface area (Å²) >= 11 is 1.88. The van der Waals surface area contributed by atoms with Crippen molar-refractivity contribution in [3.8, 4) is 0 Å². The number of hydrogen-bond acceptors (Lipinski definition) is 4. The third kappa shape index (κ3) is 4.35. The van der Waals surface area contributed by atoms with Gasteiger partial charge in [-0.15, -0.1) is 11.3 Å². The molecule has 1 aliphatic heterocycles. The molecule has 1 aliphatic rings. The highest BCUT2D eigenvalue weighted by atomic mass is 32.1. The Morgan fingerprint density at radius 1 is 1.39 bits per heavy atom. The van der Waals surface area contributed by atoms with Gasteiger partial charge >= 0.3 is 0 Å². The fourth-order valence-corrected chi connectivity index (χ4v) is 3.26. The van der Waals surface area contributed by atoms with Gasteiger partial charge in [0.1, 0.15) is 0 Å². The molecule has 0 saturated carbocycles. The van der Waals surface area contributed by atoms with Crippen molar-refractivity contribution in [2.45, 2.75) is 32.4 Å². The lowest BCUT2D eigenvalue weighted by molar-refractivity contribution is 0.0415. The van der Waals surface area contributed by atoms with Crippen LogP contribution in [0, 0.1) is 6.92 Å². The van der Waals surface area contributed by atoms with Gasteiger partial charge < -0.3 is 15.0 Å². The van der Waals surface area contributed by atoms with E-state index in [-0.39, 0.29) is 0 Å². The van der Waals surface area contributed by atoms with Gasteiger partial charge in [0.05, 0.1) is 6.10 Å². The summed E-state index contributed by atoms with van der Waals surface area (Å²) in [5.74, 6) is 0. The molecule has 0 spiro atoms. The van der Waals surface area contributed by atoms with Crippen LogP contribution < -0.4 is 5.32 Å². The number of ether oxygens (including phenoxy) is 1. The van der Waals surface area contributed by atoms with Gasteiger partial charge in [0.2, 0.25) is 0 Å². The molecule has 2 heterocycles. The van der Waals surface area contributed by atoms with Gasteiger partial charge in [-0.25, -0.2) is 0 Å². The SMILES string of the molecule is COC1CCN(CCNCc2ccc(C)s2)CC1. The Bertz CT molecular complexity index is 345. The first-order valence-electron chi connectivity index (χ1n) is 6.79. The average Bonchev–Trinajstić information content (AvgIpc) is 2.81. The molecule has 0 unspecified atom stereocenters. The second-order valence-electron chi connectivity index (χ2n) is 4.97. The third-order valence-corrected chi connectivity index (χ3v) is 4.57. The number of piperidine rings is 1. The minimum atomic E-state index is 0.489. The molecule has 4 heteroatoms. The van der Waals surface area contributed by atoms with Gasteiger partial charge in [0.25, 0.3) is 0 Å². The lowest BCUT2D eigenvalue weighted by atomic mass is 10.1. The Kier molecular flexibility index (Phi) is 5.63. The normalized spacial score (nSPS) is 18.3. The van der Waals surface area contributed by atoms with Crippen LogP contribution in [0.5, 0.6) is 0 Å². The number of aryl methyl sites for hydroxylation is 1. The molecule has 1 aromatic rings. The van der Waals surface area contributed by atoms with Crippen molar-refractivity contribution in [2.75, 3.05) is 33.3 Å². The highest BCUT2D eigenvalue weighted by Gasteiger charge is 2.17. The molecular formula is C14H24N2OS. The zero-order valence-corrected chi connectivity index (χ0v) is 12.3. The average molecular weight is 268 g/mol. The van der Waals surface area contributed by atoms with Crippen molar-refractivity contribution >= 4 is 11.3 Å². The van der Waals surface area contributed by atoms with Crippen LogP contribution in [-0.4, -0.2) is 44.3 Å². The van der Waals surface area contributed by atoms with E-state index >= 15 is 0 Å². The second-order valence-corrected chi connectivity index (χ2v) is 6.34. The molecule has 1 saturated heterocycles. The van der Waals surface area contributed by atoms with Crippen molar-refractivity contribution in [3.05, 3.63) is 21.9 Å². The molecule has 1 aromatic heterocycles. The van der Waals surface area contributed by atoms with Crippen LogP contribution in [-0.2, 0) is 11.3 Å². The summed E-state index contributed by atoms with van der Waals surface area (Å²) in [7, 11) is 1.82. The maximum Gasteiger partial charge on any atom is 0.0595 e. The van der Waals surface area contributed by atoms with Gasteiger partial charge in [0.15, 0.2) is 0 Å². The Labute approximate surface area is 114 Å². The topological polar surface area (TPSA) is 24.5 Å². The molecule has 102 valence electrons. The first-order chi connectivity index (χ1) is 8.78. The van der Waals surface area contributed by atoms with Crippen LogP contribution in [0.15, 0.2) is 12.1 Å². The van der Waals surface area contributed by atoms with Gasteiger partial charge in [-0.2, -0.15) is 0 Å². The smallest absolute Gasteiger partial charge is 0.0595 e. The number of nitrogens with one attached hydrogen (secondary N) is 1. The maximum atomic E-state index is 5.38. The second kappa shape index (κ2) is 7.24. The van der Waals surface area contributed by atoms with Crippen molar-refractivity contribution in [1.29, 1.82) is 0 Å². The summed E-state index contributed by atoms with van der Waals surface area (Å²) in [5.41, 5.74) is 0. The van der Waals surface area contributed by atoms with E-state index < -0.39 is 0 Å². The molecular weight excluding hydrogens is 244 g/mol. The molecule has 0 aliphatic carbocycles. The molecule has 0 atom stereocenters. The van der Waals surface area contributed by atoms with Crippen LogP contribution in [0.25, 0.3) is 0 Å². The molecule has 0 aromatic carbocycles. The molecule has 1 N–H and O–H groups in total. The standard InChI is InChI=1S/C14H24N2OS/c1-12-3-4-14(18-12)11-15-7-10-16-8-5-13(17-2)6-9-16/h3-4,13,15H,5-11H2,1-2H3. The van der Waals surface area contributed by atoms with Crippen LogP contribution in [0.2, 0.25) is 0 Å². The molecule has 18 heavy (non-hydrogen) atoms. The fourth-order valence-electron chi connectivity index (χ4n) is 2.40. The zero-order valence-electron chi connectivity index (χ0n) is 11.4. The van der Waals surface area contributed by atoms with E-state index in [1.54, 1.807) is 0 Å². The maximum absolute atomic E-state index is 5.38. The number of rotatable bonds is 6. The summed E-state index contributed by atoms with van der Waals surface area (Å²) in [4.78, 5) is 5.36. The predicted molar refractivity (Wildman–Crippen MR) is 77.2 cm³/mol. The molecule has 1 fully saturated rings. The van der Waals surface area contributed by atoms with Gasteiger partial charge in [0, 0.05) is 49.6 Å². The highest BCUT2D eigenvalue weighted by Crippen LogP contribution is 2.14. The molecule has 2 rings (SSSR count). The Balaban J connectivity index is 1.56. The Morgan fingerprint density at radius 2 is 2.17 bits per heavy atom. The third-order valence-electron chi connectivity index (χ3n) is 3.57. The van der Waals surface area contributed by atoms with Crippen LogP contribution >= 0.6 is 11.3 Å². The van der Waals surface area contributed by atoms with Gasteiger partial charge in [-0.1, -0.05) is 0 Å². The van der Waals surface area contributed by atoms with Crippen molar-refractivity contribution in [3.63, 3.8) is 0 Å². The number of likely N-dealkylation sites (tertiary alicyclic amines) is 1. The van der Waals surface area contributed by atoms with E-state index in [0.717, 1.165) is 19.6 Å². The van der Waals surface area contributed by atoms with Crippen molar-refractivity contribution < 1.29 is 4.74 Å². The minimum absolute atomic E-state index is 0.489. The van der Waals surface area contributed by atoms with E-state index in [4.69, 9.17) is 4.74 Å². The van der Waals surface area contributed by atoms with E-state index in [9.17, 15) is 0 Å². The van der Waals surface area contributed by atoms with Crippen molar-refractivity contribution in [2.24, 2.45) is 0 Å². The van der Waals surface area contributed by atoms with E-state index in [1.807, 2.05) is 18.4 Å². The van der Waals surface area contributed by atoms with E-state index in [1.165, 1.54) is 35.7 Å². The number of methoxy groups -OCH3 is 1. The lowest BCUT2D eigenvalue weighted by Gasteiger charge is -2.31. The van der Waals surface area contributed by atoms with Crippen LogP contribution in [0.3, 0.4) is 0 Å². The molecule has 0 bridgehead atoms. The quantitative estimate of drug-likeness (QED) is 0.801. The molecule has 3 nitrogen and oxygen atoms in total. The number of nitrogens with zero attached hydrogens (tertiary/aromatic N) is 1. The highest BCUT2D eigenvalue weighted by molar-refractivity contribution is 7.11. The first-order valence-corrected chi connectivity index (χ1v) is 7.61. The predicted octanol–water partition coefficient (Wildman–Crippen LogP) is 2.26. The summed E-state index contributed by atoms with van der Waals surface area (Å²) in [6.07, 6.45) is 2.85. The summed E-state index contributed by atoms with van der Waals surface area (Å²) in [6.45, 7) is 7.76. The van der Waals surface area contributed by atoms with E-state index in [2.05, 4.69) is 29.3 Å². The Hall–Kier alpha value is -0.420. The van der Waals surface area contributed by atoms with Crippen LogP contribution in [0.1, 0.15) is 22.6 Å². The monoisotopic (exact) mass is 268 g/mol. The van der Waals surface area contributed by atoms with Gasteiger partial charge in [-0.05, 0) is 31.9 Å². The Morgan fingerprint density at radius 3 is 2.78 bits per heavy atom. The number of thiophene rings is 1.